The molecule has 1 aromatic carbocycles. The van der Waals surface area contributed by atoms with Crippen molar-refractivity contribution in [1.29, 1.82) is 0 Å². The fourth-order valence-electron chi connectivity index (χ4n) is 2.18. The highest BCUT2D eigenvalue weighted by Crippen LogP contribution is 2.32. The number of nitrogens with one attached hydrogen (secondary N) is 1. The van der Waals surface area contributed by atoms with Gasteiger partial charge in [0.15, 0.2) is 0 Å². The van der Waals surface area contributed by atoms with Gasteiger partial charge in [-0.2, -0.15) is 13.2 Å². The highest BCUT2D eigenvalue weighted by atomic mass is 32.2. The van der Waals surface area contributed by atoms with Gasteiger partial charge in [-0.25, -0.2) is 13.1 Å². The molecule has 0 radical (unpaired) electrons. The van der Waals surface area contributed by atoms with Gasteiger partial charge in [0.25, 0.3) is 0 Å². The molecule has 0 aromatic heterocycles. The van der Waals surface area contributed by atoms with Crippen LogP contribution in [-0.4, -0.2) is 20.5 Å². The van der Waals surface area contributed by atoms with E-state index in [9.17, 15) is 21.6 Å². The van der Waals surface area contributed by atoms with Gasteiger partial charge in [-0.3, -0.25) is 0 Å². The fourth-order valence-corrected chi connectivity index (χ4v) is 3.63. The molecule has 20 heavy (non-hydrogen) atoms. The lowest BCUT2D eigenvalue weighted by Gasteiger charge is -2.32. The molecule has 1 fully saturated rings. The van der Waals surface area contributed by atoms with Crippen molar-refractivity contribution in [3.05, 3.63) is 35.4 Å². The number of benzene rings is 1. The first-order chi connectivity index (χ1) is 9.17. The highest BCUT2D eigenvalue weighted by molar-refractivity contribution is 7.88. The molecule has 1 aromatic rings. The Balaban J connectivity index is 2.13. The van der Waals surface area contributed by atoms with Crippen molar-refractivity contribution in [3.8, 4) is 0 Å². The number of sulfonamides is 1. The minimum atomic E-state index is -4.56. The summed E-state index contributed by atoms with van der Waals surface area (Å²) in [6.07, 6.45) is -3.54. The zero-order chi connectivity index (χ0) is 15.0. The number of nitrogens with two attached hydrogens (primary N) is 1. The molecule has 1 saturated carbocycles. The van der Waals surface area contributed by atoms with Crippen molar-refractivity contribution in [1.82, 2.24) is 4.72 Å². The van der Waals surface area contributed by atoms with Crippen LogP contribution in [0.15, 0.2) is 24.3 Å². The summed E-state index contributed by atoms with van der Waals surface area (Å²) in [6, 6.07) is 4.37. The number of hydrogen-bond donors (Lipinski definition) is 2. The van der Waals surface area contributed by atoms with Gasteiger partial charge in [-0.05, 0) is 24.5 Å². The minimum Gasteiger partial charge on any atom is -0.328 e. The molecule has 0 spiro atoms. The van der Waals surface area contributed by atoms with Crippen molar-refractivity contribution in [2.24, 2.45) is 5.73 Å². The Labute approximate surface area is 115 Å². The smallest absolute Gasteiger partial charge is 0.328 e. The summed E-state index contributed by atoms with van der Waals surface area (Å²) in [4.78, 5) is 0. The Hall–Kier alpha value is -1.12. The summed E-state index contributed by atoms with van der Waals surface area (Å²) in [5, 5.41) is 0. The molecule has 112 valence electrons. The lowest BCUT2D eigenvalue weighted by atomic mass is 9.89. The molecule has 3 N–H and O–H groups in total. The van der Waals surface area contributed by atoms with Gasteiger partial charge in [-0.1, -0.05) is 18.2 Å². The van der Waals surface area contributed by atoms with Crippen LogP contribution < -0.4 is 10.5 Å². The molecule has 0 aliphatic heterocycles. The maximum absolute atomic E-state index is 12.8. The van der Waals surface area contributed by atoms with Crippen LogP contribution in [0.2, 0.25) is 0 Å². The third-order valence-corrected chi connectivity index (χ3v) is 4.57. The second kappa shape index (κ2) is 5.34. The summed E-state index contributed by atoms with van der Waals surface area (Å²) in [7, 11) is -3.81. The molecule has 0 bridgehead atoms. The standard InChI is InChI=1S/C12H15F3N2O2S/c13-12(14,15)11-4-2-1-3-8(11)7-20(18,19)17-10-5-9(16)6-10/h1-4,9-10,17H,5-7,16H2. The Kier molecular flexibility index (Phi) is 4.08. The van der Waals surface area contributed by atoms with E-state index in [0.29, 0.717) is 12.8 Å². The summed E-state index contributed by atoms with van der Waals surface area (Å²) in [6.45, 7) is 0. The third-order valence-electron chi connectivity index (χ3n) is 3.19. The lowest BCUT2D eigenvalue weighted by molar-refractivity contribution is -0.138. The second-order valence-corrected chi connectivity index (χ2v) is 6.71. The topological polar surface area (TPSA) is 72.2 Å². The average molecular weight is 308 g/mol. The minimum absolute atomic E-state index is 0.0369. The van der Waals surface area contributed by atoms with Crippen LogP contribution in [0.25, 0.3) is 0 Å². The van der Waals surface area contributed by atoms with Crippen molar-refractivity contribution in [3.63, 3.8) is 0 Å². The zero-order valence-corrected chi connectivity index (χ0v) is 11.3. The summed E-state index contributed by atoms with van der Waals surface area (Å²) < 4.78 is 64.5. The Morgan fingerprint density at radius 2 is 1.85 bits per heavy atom. The van der Waals surface area contributed by atoms with Crippen molar-refractivity contribution >= 4 is 10.0 Å². The zero-order valence-electron chi connectivity index (χ0n) is 10.5. The van der Waals surface area contributed by atoms with Gasteiger partial charge in [0.1, 0.15) is 0 Å². The van der Waals surface area contributed by atoms with E-state index in [1.165, 1.54) is 18.2 Å². The number of halogens is 3. The summed E-state index contributed by atoms with van der Waals surface area (Å²) >= 11 is 0. The largest absolute Gasteiger partial charge is 0.416 e. The van der Waals surface area contributed by atoms with Crippen LogP contribution in [0.4, 0.5) is 13.2 Å². The maximum Gasteiger partial charge on any atom is 0.416 e. The number of hydrogen-bond acceptors (Lipinski definition) is 3. The summed E-state index contributed by atoms with van der Waals surface area (Å²) in [5.74, 6) is -0.686. The van der Waals surface area contributed by atoms with E-state index in [4.69, 9.17) is 5.73 Å². The van der Waals surface area contributed by atoms with E-state index in [1.54, 1.807) is 0 Å². The quantitative estimate of drug-likeness (QED) is 0.888. The average Bonchev–Trinajstić information content (AvgIpc) is 2.25. The Morgan fingerprint density at radius 3 is 2.40 bits per heavy atom. The maximum atomic E-state index is 12.8. The normalized spacial score (nSPS) is 23.4. The first-order valence-corrected chi connectivity index (χ1v) is 7.73. The Bertz CT molecular complexity index is 581. The number of rotatable bonds is 4. The molecule has 1 aliphatic rings. The van der Waals surface area contributed by atoms with Crippen LogP contribution in [0.3, 0.4) is 0 Å². The summed E-state index contributed by atoms with van der Waals surface area (Å²) in [5.41, 5.74) is 4.36. The van der Waals surface area contributed by atoms with E-state index in [-0.39, 0.29) is 17.6 Å². The first-order valence-electron chi connectivity index (χ1n) is 6.08. The van der Waals surface area contributed by atoms with Gasteiger partial charge < -0.3 is 5.73 Å². The SMILES string of the molecule is NC1CC(NS(=O)(=O)Cc2ccccc2C(F)(F)F)C1. The Morgan fingerprint density at radius 1 is 1.25 bits per heavy atom. The van der Waals surface area contributed by atoms with Crippen molar-refractivity contribution < 1.29 is 21.6 Å². The van der Waals surface area contributed by atoms with E-state index >= 15 is 0 Å². The van der Waals surface area contributed by atoms with Gasteiger partial charge >= 0.3 is 6.18 Å². The third kappa shape index (κ3) is 3.71. The molecule has 0 amide bonds. The van der Waals surface area contributed by atoms with Gasteiger partial charge in [0.2, 0.25) is 10.0 Å². The molecule has 0 unspecified atom stereocenters. The van der Waals surface area contributed by atoms with Crippen LogP contribution in [0.1, 0.15) is 24.0 Å². The number of alkyl halides is 3. The van der Waals surface area contributed by atoms with Crippen LogP contribution in [0.5, 0.6) is 0 Å². The predicted molar refractivity (Wildman–Crippen MR) is 68.2 cm³/mol. The van der Waals surface area contributed by atoms with Crippen LogP contribution >= 0.6 is 0 Å². The lowest BCUT2D eigenvalue weighted by Crippen LogP contribution is -2.50. The molecular weight excluding hydrogens is 293 g/mol. The molecule has 4 nitrogen and oxygen atoms in total. The first kappa shape index (κ1) is 15.3. The van der Waals surface area contributed by atoms with Gasteiger partial charge in [-0.15, -0.1) is 0 Å². The molecule has 8 heteroatoms. The van der Waals surface area contributed by atoms with Gasteiger partial charge in [0.05, 0.1) is 11.3 Å². The van der Waals surface area contributed by atoms with E-state index in [2.05, 4.69) is 4.72 Å². The monoisotopic (exact) mass is 308 g/mol. The molecule has 1 aliphatic carbocycles. The second-order valence-electron chi connectivity index (χ2n) is 4.96. The molecule has 0 heterocycles. The molecule has 2 rings (SSSR count). The van der Waals surface area contributed by atoms with E-state index in [0.717, 1.165) is 6.07 Å². The van der Waals surface area contributed by atoms with Crippen LogP contribution in [0, 0.1) is 0 Å². The highest BCUT2D eigenvalue weighted by Gasteiger charge is 2.35. The van der Waals surface area contributed by atoms with Gasteiger partial charge in [0, 0.05) is 12.1 Å². The predicted octanol–water partition coefficient (Wildman–Crippen LogP) is 1.61. The van der Waals surface area contributed by atoms with Crippen molar-refractivity contribution in [2.75, 3.05) is 0 Å². The van der Waals surface area contributed by atoms with Crippen LogP contribution in [-0.2, 0) is 22.0 Å². The molecular formula is C12H15F3N2O2S. The molecule has 0 saturated heterocycles. The van der Waals surface area contributed by atoms with E-state index < -0.39 is 27.5 Å². The fraction of sp³-hybridized carbons (Fsp3) is 0.500. The molecule has 0 atom stereocenters. The van der Waals surface area contributed by atoms with Crippen molar-refractivity contribution in [2.45, 2.75) is 36.9 Å². The van der Waals surface area contributed by atoms with E-state index in [1.807, 2.05) is 0 Å².